The maximum atomic E-state index is 5.38. The van der Waals surface area contributed by atoms with Crippen LogP contribution >= 0.6 is 0 Å². The van der Waals surface area contributed by atoms with Gasteiger partial charge in [0.05, 0.1) is 61.0 Å². The van der Waals surface area contributed by atoms with Crippen molar-refractivity contribution in [3.05, 3.63) is 212 Å². The van der Waals surface area contributed by atoms with E-state index in [0.29, 0.717) is 0 Å². The fraction of sp³-hybridized carbons (Fsp3) is 0. The van der Waals surface area contributed by atoms with Crippen molar-refractivity contribution in [2.45, 2.75) is 0 Å². The number of benzene rings is 10. The van der Waals surface area contributed by atoms with Gasteiger partial charge >= 0.3 is 0 Å². The third-order valence-electron chi connectivity index (χ3n) is 13.9. The summed E-state index contributed by atoms with van der Waals surface area (Å²) in [7, 11) is 0. The molecule has 65 heavy (non-hydrogen) atoms. The van der Waals surface area contributed by atoms with Crippen molar-refractivity contribution >= 4 is 104 Å². The molecule has 0 saturated carbocycles. The van der Waals surface area contributed by atoms with Crippen molar-refractivity contribution in [3.63, 3.8) is 0 Å². The van der Waals surface area contributed by atoms with Crippen LogP contribution in [0.5, 0.6) is 0 Å². The highest BCUT2D eigenvalue weighted by molar-refractivity contribution is 6.37. The zero-order valence-electron chi connectivity index (χ0n) is 34.9. The van der Waals surface area contributed by atoms with Crippen LogP contribution in [0.25, 0.3) is 137 Å². The average Bonchev–Trinajstić information content (AvgIpc) is 4.10. The summed E-state index contributed by atoms with van der Waals surface area (Å²) < 4.78 is 7.34. The molecule has 15 rings (SSSR count). The lowest BCUT2D eigenvalue weighted by atomic mass is 10.0. The predicted octanol–water partition coefficient (Wildman–Crippen LogP) is 15.5. The van der Waals surface area contributed by atoms with Gasteiger partial charge < -0.3 is 13.5 Å². The van der Waals surface area contributed by atoms with E-state index in [9.17, 15) is 0 Å². The maximum absolute atomic E-state index is 5.38. The van der Waals surface area contributed by atoms with Gasteiger partial charge in [-0.3, -0.25) is 0 Å². The van der Waals surface area contributed by atoms with E-state index >= 15 is 0 Å². The molecule has 5 heteroatoms. The Morgan fingerprint density at radius 1 is 0.292 bits per heavy atom. The maximum Gasteiger partial charge on any atom is 0.0973 e. The molecule has 0 atom stereocenters. The summed E-state index contributed by atoms with van der Waals surface area (Å²) in [5.74, 6) is 0. The Morgan fingerprint density at radius 3 is 1.63 bits per heavy atom. The van der Waals surface area contributed by atoms with Gasteiger partial charge in [-0.2, -0.15) is 0 Å². The van der Waals surface area contributed by atoms with Gasteiger partial charge in [-0.05, 0) is 78.2 Å². The molecule has 0 aliphatic carbocycles. The Kier molecular flexibility index (Phi) is 6.89. The van der Waals surface area contributed by atoms with Crippen LogP contribution in [-0.2, 0) is 0 Å². The highest BCUT2D eigenvalue weighted by Gasteiger charge is 2.25. The zero-order valence-corrected chi connectivity index (χ0v) is 34.9. The Balaban J connectivity index is 0.977. The first-order valence-electron chi connectivity index (χ1n) is 22.3. The van der Waals surface area contributed by atoms with Crippen molar-refractivity contribution in [2.75, 3.05) is 0 Å². The van der Waals surface area contributed by atoms with Crippen LogP contribution in [0.4, 0.5) is 0 Å². The smallest absolute Gasteiger partial charge is 0.0973 e. The first kappa shape index (κ1) is 34.7. The normalized spacial score (nSPS) is 12.3. The van der Waals surface area contributed by atoms with Crippen molar-refractivity contribution < 1.29 is 0 Å². The molecule has 300 valence electrons. The summed E-state index contributed by atoms with van der Waals surface area (Å²) in [6.45, 7) is 0. The molecular formula is C60H35N5. The third-order valence-corrected chi connectivity index (χ3v) is 13.9. The van der Waals surface area contributed by atoms with Gasteiger partial charge in [0.25, 0.3) is 0 Å². The number of aromatic nitrogens is 5. The van der Waals surface area contributed by atoms with Crippen LogP contribution < -0.4 is 0 Å². The Morgan fingerprint density at radius 2 is 0.862 bits per heavy atom. The molecule has 5 aromatic heterocycles. The molecule has 5 nitrogen and oxygen atoms in total. The Labute approximate surface area is 371 Å². The second-order valence-electron chi connectivity index (χ2n) is 17.3. The van der Waals surface area contributed by atoms with Crippen molar-refractivity contribution in [2.24, 2.45) is 0 Å². The molecule has 10 aromatic carbocycles. The fourth-order valence-electron chi connectivity index (χ4n) is 11.2. The van der Waals surface area contributed by atoms with E-state index in [-0.39, 0.29) is 0 Å². The lowest BCUT2D eigenvalue weighted by Crippen LogP contribution is -1.98. The van der Waals surface area contributed by atoms with Crippen LogP contribution in [0.2, 0.25) is 0 Å². The molecule has 0 unspecified atom stereocenters. The molecule has 0 spiro atoms. The zero-order chi connectivity index (χ0) is 42.3. The minimum Gasteiger partial charge on any atom is -0.309 e. The molecule has 5 heterocycles. The minimum atomic E-state index is 0.855. The van der Waals surface area contributed by atoms with E-state index in [1.807, 2.05) is 12.1 Å². The molecule has 0 fully saturated rings. The molecule has 15 aromatic rings. The van der Waals surface area contributed by atoms with Gasteiger partial charge in [0.1, 0.15) is 0 Å². The highest BCUT2D eigenvalue weighted by atomic mass is 15.0. The molecule has 0 aliphatic heterocycles. The van der Waals surface area contributed by atoms with Gasteiger partial charge in [-0.15, -0.1) is 0 Å². The van der Waals surface area contributed by atoms with E-state index < -0.39 is 0 Å². The predicted molar refractivity (Wildman–Crippen MR) is 271 cm³/mol. The minimum absolute atomic E-state index is 0.855. The number of rotatable bonds is 4. The van der Waals surface area contributed by atoms with E-state index in [1.54, 1.807) is 0 Å². The van der Waals surface area contributed by atoms with E-state index in [4.69, 9.17) is 9.97 Å². The summed E-state index contributed by atoms with van der Waals surface area (Å²) in [6, 6.07) is 76.9. The standard InChI is InChI=1S/C60H35N5/c1-2-15-39(16-3-1)63-50-23-11-6-18-42(50)46-34-38(29-33-53(46)63)58-57(61-48-21-9-10-22-49(48)62-58)37-26-30-40(31-27-37)64-54-35-47-43-19-7-12-24-51(43)65-52-25-13-8-20-44(52)56(60(47)65)55(54)45-32-28-36-14-4-5-17-41(36)59(45)64/h1-35H. The van der Waals surface area contributed by atoms with E-state index in [1.165, 1.54) is 87.0 Å². The highest BCUT2D eigenvalue weighted by Crippen LogP contribution is 2.48. The van der Waals surface area contributed by atoms with Crippen LogP contribution in [0.3, 0.4) is 0 Å². The molecule has 0 aliphatic rings. The topological polar surface area (TPSA) is 40.0 Å². The third kappa shape index (κ3) is 4.71. The number of para-hydroxylation sites is 6. The summed E-state index contributed by atoms with van der Waals surface area (Å²) >= 11 is 0. The molecular weight excluding hydrogens is 791 g/mol. The SMILES string of the molecule is c1ccc(-n2c3ccccc3c3cc(-c4nc5ccccc5nc4-c4ccc(-n5c6cc7c8ccccc8n8c9ccccc9c(c6c6ccc9ccccc9c65)c78)cc4)ccc32)cc1. The number of fused-ring (bicyclic) bond motifs is 16. The van der Waals surface area contributed by atoms with Crippen molar-refractivity contribution in [1.29, 1.82) is 0 Å². The number of hydrogen-bond donors (Lipinski definition) is 0. The van der Waals surface area contributed by atoms with Crippen molar-refractivity contribution in [3.8, 4) is 33.9 Å². The quantitative estimate of drug-likeness (QED) is 0.177. The fourth-order valence-corrected chi connectivity index (χ4v) is 11.2. The lowest BCUT2D eigenvalue weighted by Gasteiger charge is -2.14. The first-order valence-corrected chi connectivity index (χ1v) is 22.3. The monoisotopic (exact) mass is 825 g/mol. The lowest BCUT2D eigenvalue weighted by molar-refractivity contribution is 1.18. The summed E-state index contributed by atoms with van der Waals surface area (Å²) in [5.41, 5.74) is 16.2. The summed E-state index contributed by atoms with van der Waals surface area (Å²) in [4.78, 5) is 10.8. The number of nitrogens with zero attached hydrogens (tertiary/aromatic N) is 5. The largest absolute Gasteiger partial charge is 0.309 e. The molecule has 0 N–H and O–H groups in total. The van der Waals surface area contributed by atoms with Gasteiger partial charge in [0, 0.05) is 71.0 Å². The van der Waals surface area contributed by atoms with Crippen LogP contribution in [0.1, 0.15) is 0 Å². The second kappa shape index (κ2) is 12.9. The van der Waals surface area contributed by atoms with Gasteiger partial charge in [-0.1, -0.05) is 140 Å². The molecule has 0 radical (unpaired) electrons. The van der Waals surface area contributed by atoms with Crippen LogP contribution in [0.15, 0.2) is 212 Å². The average molecular weight is 826 g/mol. The van der Waals surface area contributed by atoms with Crippen LogP contribution in [0, 0.1) is 0 Å². The first-order chi connectivity index (χ1) is 32.3. The second-order valence-corrected chi connectivity index (χ2v) is 17.3. The van der Waals surface area contributed by atoms with E-state index in [2.05, 4.69) is 214 Å². The summed E-state index contributed by atoms with van der Waals surface area (Å²) in [5, 5.41) is 12.5. The van der Waals surface area contributed by atoms with Crippen molar-refractivity contribution in [1.82, 2.24) is 23.5 Å². The van der Waals surface area contributed by atoms with Gasteiger partial charge in [0.15, 0.2) is 0 Å². The molecule has 0 saturated heterocycles. The molecule has 0 bridgehead atoms. The molecule has 0 amide bonds. The Bertz CT molecular complexity index is 4460. The number of hydrogen-bond acceptors (Lipinski definition) is 2. The Hall–Kier alpha value is -8.80. The van der Waals surface area contributed by atoms with Crippen LogP contribution in [-0.4, -0.2) is 23.5 Å². The van der Waals surface area contributed by atoms with Gasteiger partial charge in [0.2, 0.25) is 0 Å². The van der Waals surface area contributed by atoms with E-state index in [0.717, 1.165) is 50.4 Å². The summed E-state index contributed by atoms with van der Waals surface area (Å²) in [6.07, 6.45) is 0. The van der Waals surface area contributed by atoms with Gasteiger partial charge in [-0.25, -0.2) is 9.97 Å².